The fraction of sp³-hybridized carbons (Fsp3) is 0.550. The molecule has 1 spiro atoms. The maximum atomic E-state index is 13.2. The fourth-order valence-corrected chi connectivity index (χ4v) is 4.61. The first-order valence-corrected chi connectivity index (χ1v) is 10.4. The van der Waals surface area contributed by atoms with Gasteiger partial charge < -0.3 is 24.4 Å². The molecule has 9 nitrogen and oxygen atoms in total. The summed E-state index contributed by atoms with van der Waals surface area (Å²) in [6.07, 6.45) is 0.711. The second kappa shape index (κ2) is 8.33. The lowest BCUT2D eigenvalue weighted by atomic mass is 9.87. The van der Waals surface area contributed by atoms with E-state index in [9.17, 15) is 14.4 Å². The summed E-state index contributed by atoms with van der Waals surface area (Å²) in [6.45, 7) is 4.27. The Morgan fingerprint density at radius 1 is 1.10 bits per heavy atom. The molecule has 1 aromatic rings. The van der Waals surface area contributed by atoms with Crippen molar-refractivity contribution in [3.63, 3.8) is 0 Å². The minimum absolute atomic E-state index is 0.216. The maximum absolute atomic E-state index is 13.2. The van der Waals surface area contributed by atoms with Crippen molar-refractivity contribution >= 4 is 33.8 Å². The summed E-state index contributed by atoms with van der Waals surface area (Å²) in [7, 11) is 4.46. The van der Waals surface area contributed by atoms with Crippen molar-refractivity contribution in [3.8, 4) is 17.2 Å². The molecule has 2 fully saturated rings. The quantitative estimate of drug-likeness (QED) is 0.645. The molecular weight excluding hydrogens is 458 g/mol. The van der Waals surface area contributed by atoms with Crippen LogP contribution in [0.2, 0.25) is 0 Å². The minimum atomic E-state index is -0.940. The Morgan fingerprint density at radius 3 is 2.17 bits per heavy atom. The van der Waals surface area contributed by atoms with Crippen LogP contribution in [-0.4, -0.2) is 73.6 Å². The Balaban J connectivity index is 1.83. The highest BCUT2D eigenvalue weighted by atomic mass is 79.9. The number of nitrogens with one attached hydrogen (secondary N) is 1. The lowest BCUT2D eigenvalue weighted by Crippen LogP contribution is -2.56. The highest BCUT2D eigenvalue weighted by molar-refractivity contribution is 9.10. The molecule has 3 rings (SSSR count). The minimum Gasteiger partial charge on any atom is -0.493 e. The summed E-state index contributed by atoms with van der Waals surface area (Å²) in [4.78, 5) is 41.3. The smallest absolute Gasteiger partial charge is 0.325 e. The van der Waals surface area contributed by atoms with Gasteiger partial charge in [0.15, 0.2) is 11.5 Å². The van der Waals surface area contributed by atoms with Crippen LogP contribution in [0.4, 0.5) is 4.79 Å². The van der Waals surface area contributed by atoms with Gasteiger partial charge in [0.25, 0.3) is 11.8 Å². The maximum Gasteiger partial charge on any atom is 0.325 e. The van der Waals surface area contributed by atoms with E-state index in [0.717, 1.165) is 0 Å². The number of imide groups is 1. The number of carbonyl (C=O) groups is 3. The number of carbonyl (C=O) groups excluding carboxylic acids is 3. The van der Waals surface area contributed by atoms with Crippen LogP contribution in [-0.2, 0) is 4.79 Å². The molecular formula is C20H26BrN3O6. The molecule has 0 aromatic heterocycles. The first kappa shape index (κ1) is 22.2. The largest absolute Gasteiger partial charge is 0.493 e. The third-order valence-corrected chi connectivity index (χ3v) is 6.40. The van der Waals surface area contributed by atoms with Crippen LogP contribution < -0.4 is 19.5 Å². The summed E-state index contributed by atoms with van der Waals surface area (Å²) >= 11 is 3.44. The molecule has 4 amide bonds. The van der Waals surface area contributed by atoms with E-state index in [4.69, 9.17) is 14.2 Å². The van der Waals surface area contributed by atoms with Gasteiger partial charge in [-0.15, -0.1) is 0 Å². The number of urea groups is 1. The molecule has 2 aliphatic heterocycles. The third-order valence-electron chi connectivity index (χ3n) is 5.61. The van der Waals surface area contributed by atoms with Crippen molar-refractivity contribution in [2.24, 2.45) is 0 Å². The molecule has 164 valence electrons. The van der Waals surface area contributed by atoms with Crippen molar-refractivity contribution < 1.29 is 28.6 Å². The fourth-order valence-electron chi connectivity index (χ4n) is 3.99. The standard InChI is InChI=1S/C20H26BrN3O6/c1-11(2)24-18(26)20(22-19(24)27)6-8-23(9-7-20)17(25)12-10-13(28-3)15(29-4)16(30-5)14(12)21/h10-11H,6-9H2,1-5H3,(H,22,27). The lowest BCUT2D eigenvalue weighted by Gasteiger charge is -2.37. The number of nitrogens with zero attached hydrogens (tertiary/aromatic N) is 2. The molecule has 2 saturated heterocycles. The zero-order chi connectivity index (χ0) is 22.2. The van der Waals surface area contributed by atoms with Gasteiger partial charge in [-0.1, -0.05) is 0 Å². The highest BCUT2D eigenvalue weighted by Crippen LogP contribution is 2.45. The molecule has 30 heavy (non-hydrogen) atoms. The van der Waals surface area contributed by atoms with Gasteiger partial charge in [-0.05, 0) is 48.7 Å². The van der Waals surface area contributed by atoms with E-state index < -0.39 is 5.54 Å². The van der Waals surface area contributed by atoms with Gasteiger partial charge in [-0.25, -0.2) is 4.79 Å². The van der Waals surface area contributed by atoms with Crippen molar-refractivity contribution in [3.05, 3.63) is 16.1 Å². The molecule has 1 aromatic carbocycles. The molecule has 0 unspecified atom stereocenters. The van der Waals surface area contributed by atoms with Crippen LogP contribution >= 0.6 is 15.9 Å². The van der Waals surface area contributed by atoms with E-state index in [1.807, 2.05) is 0 Å². The van der Waals surface area contributed by atoms with Gasteiger partial charge in [-0.2, -0.15) is 0 Å². The first-order valence-electron chi connectivity index (χ1n) is 9.64. The van der Waals surface area contributed by atoms with E-state index in [0.29, 0.717) is 53.2 Å². The van der Waals surface area contributed by atoms with E-state index in [1.54, 1.807) is 24.8 Å². The predicted octanol–water partition coefficient (Wildman–Crippen LogP) is 2.41. The van der Waals surface area contributed by atoms with Crippen LogP contribution in [0.5, 0.6) is 17.2 Å². The van der Waals surface area contributed by atoms with E-state index in [-0.39, 0.29) is 23.9 Å². The number of rotatable bonds is 5. The molecule has 2 aliphatic rings. The van der Waals surface area contributed by atoms with Gasteiger partial charge in [-0.3, -0.25) is 14.5 Å². The van der Waals surface area contributed by atoms with Crippen molar-refractivity contribution in [1.29, 1.82) is 0 Å². The van der Waals surface area contributed by atoms with Crippen LogP contribution in [0.3, 0.4) is 0 Å². The van der Waals surface area contributed by atoms with Crippen molar-refractivity contribution in [2.45, 2.75) is 38.3 Å². The van der Waals surface area contributed by atoms with E-state index >= 15 is 0 Å². The molecule has 2 heterocycles. The zero-order valence-corrected chi connectivity index (χ0v) is 19.3. The average molecular weight is 484 g/mol. The second-order valence-corrected chi connectivity index (χ2v) is 8.37. The average Bonchev–Trinajstić information content (AvgIpc) is 2.96. The highest BCUT2D eigenvalue weighted by Gasteiger charge is 2.53. The normalized spacial score (nSPS) is 18.1. The van der Waals surface area contributed by atoms with Crippen molar-refractivity contribution in [2.75, 3.05) is 34.4 Å². The van der Waals surface area contributed by atoms with Crippen LogP contribution in [0.25, 0.3) is 0 Å². The predicted molar refractivity (Wildman–Crippen MR) is 112 cm³/mol. The van der Waals surface area contributed by atoms with Crippen LogP contribution in [0, 0.1) is 0 Å². The number of amides is 4. The molecule has 0 aliphatic carbocycles. The summed E-state index contributed by atoms with van der Waals surface area (Å²) in [5, 5.41) is 2.85. The van der Waals surface area contributed by atoms with Crippen molar-refractivity contribution in [1.82, 2.24) is 15.1 Å². The third kappa shape index (κ3) is 3.46. The van der Waals surface area contributed by atoms with Gasteiger partial charge >= 0.3 is 6.03 Å². The summed E-state index contributed by atoms with van der Waals surface area (Å²) in [5.41, 5.74) is -0.573. The monoisotopic (exact) mass is 483 g/mol. The summed E-state index contributed by atoms with van der Waals surface area (Å²) in [6, 6.07) is 1.01. The second-order valence-electron chi connectivity index (χ2n) is 7.58. The number of piperidine rings is 1. The SMILES string of the molecule is COc1cc(C(=O)N2CCC3(CC2)NC(=O)N(C(C)C)C3=O)c(Br)c(OC)c1OC. The molecule has 10 heteroatoms. The molecule has 0 bridgehead atoms. The van der Waals surface area contributed by atoms with E-state index in [1.165, 1.54) is 26.2 Å². The number of hydrogen-bond acceptors (Lipinski definition) is 6. The summed E-state index contributed by atoms with van der Waals surface area (Å²) in [5.74, 6) is 0.672. The molecule has 1 N–H and O–H groups in total. The Bertz CT molecular complexity index is 880. The van der Waals surface area contributed by atoms with Crippen LogP contribution in [0.1, 0.15) is 37.0 Å². The first-order chi connectivity index (χ1) is 14.2. The number of benzene rings is 1. The lowest BCUT2D eigenvalue weighted by molar-refractivity contribution is -0.133. The van der Waals surface area contributed by atoms with Gasteiger partial charge in [0.2, 0.25) is 5.75 Å². The Labute approximate surface area is 183 Å². The molecule has 0 atom stereocenters. The van der Waals surface area contributed by atoms with Gasteiger partial charge in [0.05, 0.1) is 31.4 Å². The topological polar surface area (TPSA) is 97.4 Å². The number of methoxy groups -OCH3 is 3. The van der Waals surface area contributed by atoms with Crippen LogP contribution in [0.15, 0.2) is 10.5 Å². The number of halogens is 1. The van der Waals surface area contributed by atoms with Gasteiger partial charge in [0, 0.05) is 19.1 Å². The molecule has 0 radical (unpaired) electrons. The zero-order valence-electron chi connectivity index (χ0n) is 17.7. The summed E-state index contributed by atoms with van der Waals surface area (Å²) < 4.78 is 16.6. The Kier molecular flexibility index (Phi) is 6.16. The number of ether oxygens (including phenoxy) is 3. The van der Waals surface area contributed by atoms with E-state index in [2.05, 4.69) is 21.2 Å². The van der Waals surface area contributed by atoms with Gasteiger partial charge in [0.1, 0.15) is 5.54 Å². The molecule has 0 saturated carbocycles. The number of likely N-dealkylation sites (tertiary alicyclic amines) is 1. The number of hydrogen-bond donors (Lipinski definition) is 1. The Hall–Kier alpha value is -2.49. The Morgan fingerprint density at radius 2 is 1.70 bits per heavy atom.